The number of carbonyl (C=O) groups excluding carboxylic acids is 1. The van der Waals surface area contributed by atoms with Gasteiger partial charge in [0.2, 0.25) is 0 Å². The minimum Gasteiger partial charge on any atom is -0.493 e. The lowest BCUT2D eigenvalue weighted by molar-refractivity contribution is 0.0987. The van der Waals surface area contributed by atoms with Crippen molar-refractivity contribution in [1.29, 1.82) is 0 Å². The normalized spacial score (nSPS) is 11.8. The van der Waals surface area contributed by atoms with Gasteiger partial charge in [0, 0.05) is 25.2 Å². The summed E-state index contributed by atoms with van der Waals surface area (Å²) >= 11 is 1.42. The number of fused-ring (bicyclic) bond motifs is 1. The second kappa shape index (κ2) is 7.79. The van der Waals surface area contributed by atoms with Crippen LogP contribution >= 0.6 is 11.3 Å². The minimum absolute atomic E-state index is 0.319. The quantitative estimate of drug-likeness (QED) is 0.610. The van der Waals surface area contributed by atoms with Gasteiger partial charge in [-0.05, 0) is 19.9 Å². The van der Waals surface area contributed by atoms with Crippen molar-refractivity contribution in [3.63, 3.8) is 0 Å². The monoisotopic (exact) mass is 386 g/mol. The minimum atomic E-state index is -0.319. The van der Waals surface area contributed by atoms with Crippen LogP contribution in [0.4, 0.5) is 0 Å². The molecule has 0 aliphatic rings. The molecule has 0 N–H and O–H groups in total. The number of hydrogen-bond donors (Lipinski definition) is 0. The van der Waals surface area contributed by atoms with Crippen LogP contribution in [0.15, 0.2) is 35.8 Å². The fraction of sp³-hybridized carbons (Fsp3) is 0.316. The Labute approximate surface area is 161 Å². The van der Waals surface area contributed by atoms with Crippen molar-refractivity contribution < 1.29 is 14.3 Å². The number of methoxy groups -OCH3 is 2. The number of carbonyl (C=O) groups is 1. The topological polar surface area (TPSA) is 70.6 Å². The summed E-state index contributed by atoms with van der Waals surface area (Å²) in [7, 11) is 3.19. The molecule has 0 unspecified atom stereocenters. The van der Waals surface area contributed by atoms with E-state index in [1.807, 2.05) is 30.5 Å². The Morgan fingerprint density at radius 1 is 1.30 bits per heavy atom. The third-order valence-corrected chi connectivity index (χ3v) is 5.16. The average Bonchev–Trinajstić information content (AvgIpc) is 3.20. The van der Waals surface area contributed by atoms with Crippen LogP contribution in [0.2, 0.25) is 0 Å². The molecule has 0 atom stereocenters. The van der Waals surface area contributed by atoms with Crippen molar-refractivity contribution in [3.05, 3.63) is 47.0 Å². The van der Waals surface area contributed by atoms with Crippen molar-refractivity contribution >= 4 is 27.5 Å². The first-order valence-corrected chi connectivity index (χ1v) is 9.33. The highest BCUT2D eigenvalue weighted by atomic mass is 32.1. The lowest BCUT2D eigenvalue weighted by Crippen LogP contribution is -2.17. The van der Waals surface area contributed by atoms with E-state index in [4.69, 9.17) is 9.47 Å². The first kappa shape index (κ1) is 18.9. The van der Waals surface area contributed by atoms with Crippen LogP contribution in [0.5, 0.6) is 11.5 Å². The lowest BCUT2D eigenvalue weighted by Gasteiger charge is -2.08. The Kier molecular flexibility index (Phi) is 5.46. The molecule has 1 amide bonds. The Bertz CT molecular complexity index is 1070. The molecule has 0 radical (unpaired) electrons. The molecule has 1 aromatic carbocycles. The predicted molar refractivity (Wildman–Crippen MR) is 106 cm³/mol. The van der Waals surface area contributed by atoms with E-state index in [9.17, 15) is 4.79 Å². The second-order valence-corrected chi connectivity index (χ2v) is 6.87. The Balaban J connectivity index is 2.20. The van der Waals surface area contributed by atoms with E-state index in [1.165, 1.54) is 11.3 Å². The van der Waals surface area contributed by atoms with Gasteiger partial charge in [0.15, 0.2) is 16.3 Å². The number of rotatable bonds is 6. The average molecular weight is 386 g/mol. The second-order valence-electron chi connectivity index (χ2n) is 5.86. The largest absolute Gasteiger partial charge is 0.493 e. The van der Waals surface area contributed by atoms with Crippen molar-refractivity contribution in [1.82, 2.24) is 14.3 Å². The molecule has 0 bridgehead atoms. The van der Waals surface area contributed by atoms with Gasteiger partial charge < -0.3 is 14.0 Å². The first-order valence-electron chi connectivity index (χ1n) is 8.52. The van der Waals surface area contributed by atoms with E-state index < -0.39 is 0 Å². The summed E-state index contributed by atoms with van der Waals surface area (Å²) in [4.78, 5) is 17.7. The summed E-state index contributed by atoms with van der Waals surface area (Å²) in [6, 6.07) is 5.53. The highest BCUT2D eigenvalue weighted by Gasteiger charge is 2.15. The molecule has 7 nitrogen and oxygen atoms in total. The van der Waals surface area contributed by atoms with E-state index in [0.29, 0.717) is 35.1 Å². The van der Waals surface area contributed by atoms with E-state index in [-0.39, 0.29) is 5.91 Å². The van der Waals surface area contributed by atoms with E-state index in [0.717, 1.165) is 15.9 Å². The number of nitrogens with zero attached hydrogens (tertiary/aromatic N) is 4. The van der Waals surface area contributed by atoms with E-state index in [2.05, 4.69) is 16.7 Å². The van der Waals surface area contributed by atoms with Gasteiger partial charge in [0.1, 0.15) is 5.69 Å². The molecule has 0 spiro atoms. The molecule has 0 fully saturated rings. The molecule has 142 valence electrons. The summed E-state index contributed by atoms with van der Waals surface area (Å²) in [6.07, 6.45) is 1.77. The molecule has 2 heterocycles. The fourth-order valence-electron chi connectivity index (χ4n) is 2.89. The van der Waals surface area contributed by atoms with Gasteiger partial charge in [0.05, 0.1) is 30.1 Å². The van der Waals surface area contributed by atoms with Crippen molar-refractivity contribution in [2.45, 2.75) is 26.9 Å². The van der Waals surface area contributed by atoms with Crippen molar-refractivity contribution in [2.75, 3.05) is 14.2 Å². The highest BCUT2D eigenvalue weighted by Crippen LogP contribution is 2.33. The molecular weight excluding hydrogens is 364 g/mol. The number of amides is 1. The van der Waals surface area contributed by atoms with Gasteiger partial charge in [-0.15, -0.1) is 6.58 Å². The van der Waals surface area contributed by atoms with Crippen LogP contribution in [-0.4, -0.2) is 34.5 Å². The van der Waals surface area contributed by atoms with Crippen LogP contribution < -0.4 is 14.3 Å². The summed E-state index contributed by atoms with van der Waals surface area (Å²) in [5.74, 6) is 0.938. The first-order chi connectivity index (χ1) is 13.0. The molecule has 0 saturated carbocycles. The fourth-order valence-corrected chi connectivity index (χ4v) is 3.94. The predicted octanol–water partition coefficient (Wildman–Crippen LogP) is 3.17. The van der Waals surface area contributed by atoms with Crippen molar-refractivity contribution in [3.8, 4) is 11.5 Å². The smallest absolute Gasteiger partial charge is 0.297 e. The highest BCUT2D eigenvalue weighted by molar-refractivity contribution is 7.16. The molecule has 3 rings (SSSR count). The number of aromatic nitrogens is 3. The molecule has 0 saturated heterocycles. The SMILES string of the molecule is C=CCn1c(=NC(=O)c2cc(C)nn2CC)sc2cc(OC)c(OC)cc21. The van der Waals surface area contributed by atoms with Crippen molar-refractivity contribution in [2.24, 2.45) is 4.99 Å². The zero-order chi connectivity index (χ0) is 19.6. The molecule has 3 aromatic rings. The van der Waals surface area contributed by atoms with Crippen LogP contribution in [0.25, 0.3) is 10.2 Å². The zero-order valence-corrected chi connectivity index (χ0v) is 16.7. The van der Waals surface area contributed by atoms with E-state index in [1.54, 1.807) is 31.0 Å². The van der Waals surface area contributed by atoms with Gasteiger partial charge >= 0.3 is 0 Å². The summed E-state index contributed by atoms with van der Waals surface area (Å²) in [5, 5.41) is 4.32. The number of thiazole rings is 1. The third kappa shape index (κ3) is 3.52. The summed E-state index contributed by atoms with van der Waals surface area (Å²) in [5.41, 5.74) is 2.18. The molecule has 0 aliphatic carbocycles. The number of aryl methyl sites for hydroxylation is 2. The maximum Gasteiger partial charge on any atom is 0.297 e. The van der Waals surface area contributed by atoms with Crippen LogP contribution in [0.1, 0.15) is 23.1 Å². The maximum absolute atomic E-state index is 12.8. The lowest BCUT2D eigenvalue weighted by atomic mass is 10.3. The van der Waals surface area contributed by atoms with Crippen LogP contribution in [0.3, 0.4) is 0 Å². The van der Waals surface area contributed by atoms with Crippen LogP contribution in [-0.2, 0) is 13.1 Å². The Morgan fingerprint density at radius 3 is 2.63 bits per heavy atom. The molecule has 8 heteroatoms. The summed E-state index contributed by atoms with van der Waals surface area (Å²) in [6.45, 7) is 8.75. The molecular formula is C19H22N4O3S. The van der Waals surface area contributed by atoms with Gasteiger partial charge in [0.25, 0.3) is 5.91 Å². The maximum atomic E-state index is 12.8. The number of ether oxygens (including phenoxy) is 2. The standard InChI is InChI=1S/C19H22N4O3S/c1-6-8-22-13-10-15(25-4)16(26-5)11-17(13)27-19(22)20-18(24)14-9-12(3)21-23(14)7-2/h6,9-11H,1,7-8H2,2-5H3. The van der Waals surface area contributed by atoms with Crippen LogP contribution in [0, 0.1) is 6.92 Å². The molecule has 0 aliphatic heterocycles. The molecule has 27 heavy (non-hydrogen) atoms. The van der Waals surface area contributed by atoms with Gasteiger partial charge in [-0.3, -0.25) is 9.48 Å². The Morgan fingerprint density at radius 2 is 2.00 bits per heavy atom. The number of benzene rings is 1. The molecule has 2 aromatic heterocycles. The zero-order valence-electron chi connectivity index (χ0n) is 15.9. The number of allylic oxidation sites excluding steroid dienone is 1. The van der Waals surface area contributed by atoms with Gasteiger partial charge in [-0.25, -0.2) is 0 Å². The summed E-state index contributed by atoms with van der Waals surface area (Å²) < 4.78 is 15.3. The number of hydrogen-bond acceptors (Lipinski definition) is 5. The van der Waals surface area contributed by atoms with Gasteiger partial charge in [-0.1, -0.05) is 17.4 Å². The van der Waals surface area contributed by atoms with E-state index >= 15 is 0 Å². The van der Waals surface area contributed by atoms with Gasteiger partial charge in [-0.2, -0.15) is 10.1 Å². The third-order valence-electron chi connectivity index (χ3n) is 4.12. The Hall–Kier alpha value is -2.87.